The first kappa shape index (κ1) is 12.6. The fraction of sp³-hybridized carbons (Fsp3) is 0.364. The van der Waals surface area contributed by atoms with Gasteiger partial charge in [0.15, 0.2) is 10.8 Å². The van der Waals surface area contributed by atoms with Crippen molar-refractivity contribution in [2.75, 3.05) is 12.4 Å². The second-order valence-corrected chi connectivity index (χ2v) is 5.02. The van der Waals surface area contributed by atoms with E-state index in [1.54, 1.807) is 6.20 Å². The van der Waals surface area contributed by atoms with E-state index in [-0.39, 0.29) is 6.04 Å². The van der Waals surface area contributed by atoms with Crippen LogP contribution in [-0.4, -0.2) is 28.3 Å². The molecule has 0 aliphatic rings. The van der Waals surface area contributed by atoms with E-state index < -0.39 is 5.97 Å². The van der Waals surface area contributed by atoms with E-state index in [1.165, 1.54) is 18.4 Å². The molecule has 1 unspecified atom stereocenters. The van der Waals surface area contributed by atoms with Crippen LogP contribution in [0.3, 0.4) is 0 Å². The molecule has 0 spiro atoms. The molecule has 0 saturated heterocycles. The molecular formula is C11H14N4O2S. The summed E-state index contributed by atoms with van der Waals surface area (Å²) >= 11 is 1.43. The third-order valence-corrected chi connectivity index (χ3v) is 3.44. The van der Waals surface area contributed by atoms with Gasteiger partial charge in [-0.1, -0.05) is 0 Å². The highest BCUT2D eigenvalue weighted by atomic mass is 32.1. The van der Waals surface area contributed by atoms with Gasteiger partial charge in [0, 0.05) is 16.6 Å². The van der Waals surface area contributed by atoms with Gasteiger partial charge < -0.3 is 10.1 Å². The second-order valence-electron chi connectivity index (χ2n) is 3.81. The molecule has 0 fully saturated rings. The maximum Gasteiger partial charge on any atom is 0.357 e. The Balaban J connectivity index is 2.13. The number of nitrogens with zero attached hydrogens (tertiary/aromatic N) is 2. The third kappa shape index (κ3) is 2.51. The molecule has 6 nitrogen and oxygen atoms in total. The standard InChI is InChI=1S/C11H14N4O2S/c1-6(8-4-12-13-5-8)14-11-15-9(7(2)18-11)10(16)17-3/h4-6H,1-3H3,(H,12,13)(H,14,15). The number of aromatic nitrogens is 3. The van der Waals surface area contributed by atoms with Crippen LogP contribution in [0.5, 0.6) is 0 Å². The minimum atomic E-state index is -0.409. The summed E-state index contributed by atoms with van der Waals surface area (Å²) in [5.74, 6) is -0.409. The molecule has 0 aliphatic heterocycles. The van der Waals surface area contributed by atoms with Crippen molar-refractivity contribution in [2.24, 2.45) is 0 Å². The Kier molecular flexibility index (Phi) is 3.61. The fourth-order valence-corrected chi connectivity index (χ4v) is 2.40. The zero-order chi connectivity index (χ0) is 13.1. The van der Waals surface area contributed by atoms with Crippen LogP contribution >= 0.6 is 11.3 Å². The number of hydrogen-bond donors (Lipinski definition) is 2. The number of anilines is 1. The van der Waals surface area contributed by atoms with E-state index in [0.717, 1.165) is 10.4 Å². The van der Waals surface area contributed by atoms with Gasteiger partial charge in [-0.3, -0.25) is 5.10 Å². The predicted molar refractivity (Wildman–Crippen MR) is 68.8 cm³/mol. The lowest BCUT2D eigenvalue weighted by molar-refractivity contribution is 0.0594. The lowest BCUT2D eigenvalue weighted by Crippen LogP contribution is -2.07. The normalized spacial score (nSPS) is 12.2. The van der Waals surface area contributed by atoms with Crippen molar-refractivity contribution < 1.29 is 9.53 Å². The number of thiazole rings is 1. The molecular weight excluding hydrogens is 252 g/mol. The maximum absolute atomic E-state index is 11.4. The Bertz CT molecular complexity index is 535. The Morgan fingerprint density at radius 3 is 3.00 bits per heavy atom. The first-order valence-electron chi connectivity index (χ1n) is 5.42. The number of carbonyl (C=O) groups is 1. The number of methoxy groups -OCH3 is 1. The van der Waals surface area contributed by atoms with Crippen LogP contribution in [0.15, 0.2) is 12.4 Å². The van der Waals surface area contributed by atoms with Gasteiger partial charge in [0.05, 0.1) is 19.3 Å². The molecule has 2 aromatic heterocycles. The Labute approximate surface area is 108 Å². The van der Waals surface area contributed by atoms with Crippen LogP contribution in [0.4, 0.5) is 5.13 Å². The topological polar surface area (TPSA) is 79.9 Å². The van der Waals surface area contributed by atoms with Gasteiger partial charge in [0.2, 0.25) is 0 Å². The molecule has 2 heterocycles. The van der Waals surface area contributed by atoms with E-state index in [1.807, 2.05) is 20.0 Å². The molecule has 0 bridgehead atoms. The molecule has 0 radical (unpaired) electrons. The molecule has 18 heavy (non-hydrogen) atoms. The number of aryl methyl sites for hydroxylation is 1. The van der Waals surface area contributed by atoms with Crippen LogP contribution in [0.1, 0.15) is 33.9 Å². The summed E-state index contributed by atoms with van der Waals surface area (Å²) in [6, 6.07) is 0.0693. The number of esters is 1. The summed E-state index contributed by atoms with van der Waals surface area (Å²) in [6.45, 7) is 3.84. The molecule has 0 amide bonds. The molecule has 2 rings (SSSR count). The SMILES string of the molecule is COC(=O)c1nc(NC(C)c2cn[nH]c2)sc1C. The Morgan fingerprint density at radius 1 is 1.61 bits per heavy atom. The lowest BCUT2D eigenvalue weighted by Gasteiger charge is -2.09. The van der Waals surface area contributed by atoms with E-state index in [4.69, 9.17) is 0 Å². The van der Waals surface area contributed by atoms with Crippen molar-refractivity contribution >= 4 is 22.4 Å². The van der Waals surface area contributed by atoms with E-state index >= 15 is 0 Å². The van der Waals surface area contributed by atoms with Gasteiger partial charge >= 0.3 is 5.97 Å². The zero-order valence-corrected chi connectivity index (χ0v) is 11.2. The van der Waals surface area contributed by atoms with Gasteiger partial charge in [0.25, 0.3) is 0 Å². The number of rotatable bonds is 4. The highest BCUT2D eigenvalue weighted by Gasteiger charge is 2.17. The zero-order valence-electron chi connectivity index (χ0n) is 10.4. The summed E-state index contributed by atoms with van der Waals surface area (Å²) < 4.78 is 4.67. The van der Waals surface area contributed by atoms with Gasteiger partial charge in [-0.25, -0.2) is 9.78 Å². The molecule has 0 aliphatic carbocycles. The summed E-state index contributed by atoms with van der Waals surface area (Å²) in [7, 11) is 1.35. The average molecular weight is 266 g/mol. The number of hydrogen-bond acceptors (Lipinski definition) is 6. The highest BCUT2D eigenvalue weighted by Crippen LogP contribution is 2.26. The van der Waals surface area contributed by atoms with Crippen molar-refractivity contribution in [3.63, 3.8) is 0 Å². The maximum atomic E-state index is 11.4. The van der Waals surface area contributed by atoms with Crippen molar-refractivity contribution in [3.05, 3.63) is 28.5 Å². The third-order valence-electron chi connectivity index (χ3n) is 2.53. The highest BCUT2D eigenvalue weighted by molar-refractivity contribution is 7.15. The molecule has 2 aromatic rings. The summed E-state index contributed by atoms with van der Waals surface area (Å²) in [5.41, 5.74) is 1.40. The lowest BCUT2D eigenvalue weighted by atomic mass is 10.2. The monoisotopic (exact) mass is 266 g/mol. The molecule has 7 heteroatoms. The number of ether oxygens (including phenoxy) is 1. The van der Waals surface area contributed by atoms with Gasteiger partial charge in [0.1, 0.15) is 0 Å². The first-order chi connectivity index (χ1) is 8.61. The Morgan fingerprint density at radius 2 is 2.39 bits per heavy atom. The van der Waals surface area contributed by atoms with Crippen LogP contribution in [-0.2, 0) is 4.74 Å². The van der Waals surface area contributed by atoms with Crippen LogP contribution in [0.25, 0.3) is 0 Å². The summed E-state index contributed by atoms with van der Waals surface area (Å²) in [4.78, 5) is 16.5. The van der Waals surface area contributed by atoms with Crippen molar-refractivity contribution in [1.29, 1.82) is 0 Å². The largest absolute Gasteiger partial charge is 0.464 e. The minimum Gasteiger partial charge on any atom is -0.464 e. The molecule has 0 saturated carbocycles. The smallest absolute Gasteiger partial charge is 0.357 e. The summed E-state index contributed by atoms with van der Waals surface area (Å²) in [6.07, 6.45) is 3.57. The molecule has 0 aromatic carbocycles. The molecule has 2 N–H and O–H groups in total. The predicted octanol–water partition coefficient (Wildman–Crippen LogP) is 2.13. The molecule has 1 atom stereocenters. The van der Waals surface area contributed by atoms with Crippen molar-refractivity contribution in [1.82, 2.24) is 15.2 Å². The fourth-order valence-electron chi connectivity index (χ4n) is 1.51. The van der Waals surface area contributed by atoms with E-state index in [9.17, 15) is 4.79 Å². The summed E-state index contributed by atoms with van der Waals surface area (Å²) in [5, 5.41) is 10.6. The van der Waals surface area contributed by atoms with Crippen LogP contribution in [0.2, 0.25) is 0 Å². The van der Waals surface area contributed by atoms with Gasteiger partial charge in [-0.15, -0.1) is 11.3 Å². The van der Waals surface area contributed by atoms with E-state index in [0.29, 0.717) is 10.8 Å². The number of nitrogens with one attached hydrogen (secondary N) is 2. The first-order valence-corrected chi connectivity index (χ1v) is 6.24. The Hall–Kier alpha value is -1.89. The molecule has 96 valence electrons. The second kappa shape index (κ2) is 5.18. The van der Waals surface area contributed by atoms with E-state index in [2.05, 4.69) is 25.2 Å². The number of aromatic amines is 1. The van der Waals surface area contributed by atoms with Crippen molar-refractivity contribution in [2.45, 2.75) is 19.9 Å². The number of carbonyl (C=O) groups excluding carboxylic acids is 1. The van der Waals surface area contributed by atoms with Crippen LogP contribution in [0, 0.1) is 6.92 Å². The van der Waals surface area contributed by atoms with Gasteiger partial charge in [-0.05, 0) is 13.8 Å². The quantitative estimate of drug-likeness (QED) is 0.829. The van der Waals surface area contributed by atoms with Gasteiger partial charge in [-0.2, -0.15) is 5.10 Å². The minimum absolute atomic E-state index is 0.0693. The van der Waals surface area contributed by atoms with Crippen molar-refractivity contribution in [3.8, 4) is 0 Å². The number of H-pyrrole nitrogens is 1. The van der Waals surface area contributed by atoms with Crippen LogP contribution < -0.4 is 5.32 Å². The average Bonchev–Trinajstić information content (AvgIpc) is 2.97.